The zero-order valence-electron chi connectivity index (χ0n) is 17.6. The third kappa shape index (κ3) is 32.5. The minimum atomic E-state index is -1.79. The molecule has 0 bridgehead atoms. The number of aldehydes is 1. The Morgan fingerprint density at radius 3 is 1.53 bits per heavy atom. The smallest absolute Gasteiger partial charge is 0.322 e. The van der Waals surface area contributed by atoms with Crippen molar-refractivity contribution in [2.24, 2.45) is 11.5 Å². The van der Waals surface area contributed by atoms with Crippen LogP contribution < -0.4 is 22.1 Å². The zero-order valence-corrected chi connectivity index (χ0v) is 18.4. The van der Waals surface area contributed by atoms with E-state index in [-0.39, 0.29) is 61.4 Å². The molecule has 34 heavy (non-hydrogen) atoms. The zero-order chi connectivity index (χ0) is 26.3. The molecule has 0 saturated carbocycles. The summed E-state index contributed by atoms with van der Waals surface area (Å²) >= 11 is 0. The quantitative estimate of drug-likeness (QED) is 0.0857. The first-order valence-electron chi connectivity index (χ1n) is 8.48. The lowest BCUT2D eigenvalue weighted by molar-refractivity contribution is -0.138. The lowest BCUT2D eigenvalue weighted by atomic mass is 10.0. The highest BCUT2D eigenvalue weighted by molar-refractivity contribution is 5.87. The molecule has 0 rings (SSSR count). The van der Waals surface area contributed by atoms with E-state index in [1.807, 2.05) is 0 Å². The second-order valence-corrected chi connectivity index (χ2v) is 5.11. The highest BCUT2D eigenvalue weighted by Gasteiger charge is 2.29. The van der Waals surface area contributed by atoms with Crippen molar-refractivity contribution in [1.29, 1.82) is 0 Å². The molecule has 0 aromatic carbocycles. The average Bonchev–Trinajstić information content (AvgIpc) is 2.80. The van der Waals surface area contributed by atoms with Gasteiger partial charge in [-0.15, -0.1) is 12.4 Å². The number of halogens is 1. The van der Waals surface area contributed by atoms with Crippen LogP contribution in [-0.2, 0) is 24.0 Å². The number of hydrogen-bond acceptors (Lipinski definition) is 13. The molecular formula is C15H35ClMgN4O13. The van der Waals surface area contributed by atoms with Gasteiger partial charge in [-0.25, -0.2) is 0 Å². The molecule has 0 aromatic heterocycles. The summed E-state index contributed by atoms with van der Waals surface area (Å²) < 4.78 is 0. The van der Waals surface area contributed by atoms with Gasteiger partial charge in [-0.05, 0) is 0 Å². The van der Waals surface area contributed by atoms with Crippen LogP contribution in [0.4, 0.5) is 0 Å². The van der Waals surface area contributed by atoms with E-state index in [2.05, 4.69) is 16.4 Å². The first-order valence-corrected chi connectivity index (χ1v) is 8.48. The monoisotopic (exact) mass is 538 g/mol. The van der Waals surface area contributed by atoms with E-state index >= 15 is 0 Å². The van der Waals surface area contributed by atoms with Gasteiger partial charge in [0.1, 0.15) is 31.0 Å². The Kier molecular flexibility index (Phi) is 42.1. The maximum absolute atomic E-state index is 10.7. The lowest BCUT2D eigenvalue weighted by Crippen LogP contribution is -2.46. The molecule has 0 aliphatic heterocycles. The van der Waals surface area contributed by atoms with Gasteiger partial charge in [0, 0.05) is 7.11 Å². The molecule has 0 spiro atoms. The van der Waals surface area contributed by atoms with Crippen molar-refractivity contribution in [3.8, 4) is 0 Å². The summed E-state index contributed by atoms with van der Waals surface area (Å²) in [6.45, 7) is -1.96. The van der Waals surface area contributed by atoms with Gasteiger partial charge in [0.2, 0.25) is 11.8 Å². The number of carbonyl (C=O) groups is 5. The number of aliphatic carboxylic acids is 2. The molecular weight excluding hydrogens is 504 g/mol. The molecule has 0 saturated heterocycles. The summed E-state index contributed by atoms with van der Waals surface area (Å²) in [7, 11) is 1.00. The Morgan fingerprint density at radius 2 is 1.24 bits per heavy atom. The topological polar surface area (TPSA) is 323 Å². The highest BCUT2D eigenvalue weighted by atomic mass is 35.5. The van der Waals surface area contributed by atoms with Crippen LogP contribution in [0.5, 0.6) is 0 Å². The van der Waals surface area contributed by atoms with Gasteiger partial charge >= 0.3 is 35.0 Å². The van der Waals surface area contributed by atoms with Gasteiger partial charge in [0.25, 0.3) is 0 Å². The van der Waals surface area contributed by atoms with Gasteiger partial charge in [-0.2, -0.15) is 0 Å². The molecule has 14 N–H and O–H groups in total. The number of nitrogens with one attached hydrogen (secondary N) is 2. The fourth-order valence-corrected chi connectivity index (χ4v) is 1.11. The van der Waals surface area contributed by atoms with Crippen LogP contribution in [0.15, 0.2) is 0 Å². The van der Waals surface area contributed by atoms with Gasteiger partial charge in [0.05, 0.1) is 26.2 Å². The molecule has 0 aliphatic rings. The van der Waals surface area contributed by atoms with Crippen LogP contribution in [0.1, 0.15) is 0 Å². The number of amides is 2. The minimum absolute atomic E-state index is 0. The van der Waals surface area contributed by atoms with Gasteiger partial charge in [-0.3, -0.25) is 19.2 Å². The molecule has 0 radical (unpaired) electrons. The summed E-state index contributed by atoms with van der Waals surface area (Å²) in [5.74, 6) is -3.14. The van der Waals surface area contributed by atoms with Gasteiger partial charge in [-0.1, -0.05) is 0 Å². The van der Waals surface area contributed by atoms with Crippen LogP contribution in [-0.4, -0.2) is 158 Å². The maximum atomic E-state index is 10.7. The van der Waals surface area contributed by atoms with E-state index in [4.69, 9.17) is 46.6 Å². The lowest BCUT2D eigenvalue weighted by Gasteiger charge is -2.22. The SMILES string of the molecule is CO.Cl.NCC(=O)NCC(=O)NCC(=O)O.NCC(=O)O.O=C[C@H](O)[C@@H](O)[C@H](O)[C@H](O)CO.[MgH2]. The molecule has 0 fully saturated rings. The van der Waals surface area contributed by atoms with Crippen LogP contribution in [0, 0.1) is 0 Å². The molecule has 17 nitrogen and oxygen atoms in total. The third-order valence-electron chi connectivity index (χ3n) is 2.66. The van der Waals surface area contributed by atoms with E-state index < -0.39 is 61.3 Å². The standard InChI is InChI=1S/C6H11N3O4.C6H12O6.C2H5NO2.CH4O.ClH.Mg.2H/c7-1-4(10)8-2-5(11)9-3-6(12)13;7-1-3(9)5(11)6(12)4(10)2-8;3-1-2(4)5;1-2;;;;/h1-3,7H2,(H,8,10)(H,9,11)(H,12,13);1,3-6,8-12H,2H2;1,3H2,(H,4,5);2H,1H3;1H;;;/t;3-,4+,5+,6+;;;;;;/m.0....../s1. The molecule has 202 valence electrons. The number of rotatable bonds is 11. The van der Waals surface area contributed by atoms with Crippen molar-refractivity contribution in [2.75, 3.05) is 39.9 Å². The van der Waals surface area contributed by atoms with E-state index in [1.54, 1.807) is 0 Å². The Labute approximate surface area is 216 Å². The Morgan fingerprint density at radius 1 is 0.824 bits per heavy atom. The largest absolute Gasteiger partial charge is 0.480 e. The molecule has 0 heterocycles. The number of nitrogens with two attached hydrogens (primary N) is 2. The summed E-state index contributed by atoms with van der Waals surface area (Å²) in [4.78, 5) is 50.4. The molecule has 19 heteroatoms. The summed E-state index contributed by atoms with van der Waals surface area (Å²) in [6, 6.07) is 0. The van der Waals surface area contributed by atoms with E-state index in [0.29, 0.717) is 0 Å². The van der Waals surface area contributed by atoms with Crippen molar-refractivity contribution < 1.29 is 64.8 Å². The van der Waals surface area contributed by atoms with E-state index in [0.717, 1.165) is 7.11 Å². The predicted octanol–water partition coefficient (Wildman–Crippen LogP) is -7.97. The van der Waals surface area contributed by atoms with Crippen molar-refractivity contribution in [3.63, 3.8) is 0 Å². The fourth-order valence-electron chi connectivity index (χ4n) is 1.11. The average molecular weight is 539 g/mol. The normalized spacial score (nSPS) is 12.1. The first kappa shape index (κ1) is 45.7. The molecule has 4 atom stereocenters. The van der Waals surface area contributed by atoms with E-state index in [9.17, 15) is 24.0 Å². The number of aliphatic hydroxyl groups excluding tert-OH is 6. The van der Waals surface area contributed by atoms with Gasteiger partial charge < -0.3 is 67.7 Å². The number of carbonyl (C=O) groups excluding carboxylic acids is 3. The summed E-state index contributed by atoms with van der Waals surface area (Å²) in [6.07, 6.45) is -6.84. The van der Waals surface area contributed by atoms with Crippen LogP contribution in [0.3, 0.4) is 0 Å². The number of carboxylic acids is 2. The number of carboxylic acid groups (broad SMARTS) is 2. The van der Waals surface area contributed by atoms with Crippen molar-refractivity contribution in [3.05, 3.63) is 0 Å². The first-order chi connectivity index (χ1) is 14.9. The van der Waals surface area contributed by atoms with Crippen LogP contribution >= 0.6 is 12.4 Å². The molecule has 0 aromatic rings. The number of aliphatic hydroxyl groups is 6. The maximum Gasteiger partial charge on any atom is 0.322 e. The fraction of sp³-hybridized carbons (Fsp3) is 0.667. The van der Waals surface area contributed by atoms with Crippen molar-refractivity contribution in [2.45, 2.75) is 24.4 Å². The van der Waals surface area contributed by atoms with Crippen molar-refractivity contribution >= 4 is 65.5 Å². The second-order valence-electron chi connectivity index (χ2n) is 5.11. The number of hydrogen-bond donors (Lipinski definition) is 12. The van der Waals surface area contributed by atoms with Crippen LogP contribution in [0.2, 0.25) is 0 Å². The molecule has 0 unspecified atom stereocenters. The van der Waals surface area contributed by atoms with Crippen LogP contribution in [0.25, 0.3) is 0 Å². The molecule has 0 aliphatic carbocycles. The second kappa shape index (κ2) is 31.3. The summed E-state index contributed by atoms with van der Waals surface area (Å²) in [5.41, 5.74) is 9.51. The molecule has 2 amide bonds. The van der Waals surface area contributed by atoms with Crippen molar-refractivity contribution in [1.82, 2.24) is 10.6 Å². The van der Waals surface area contributed by atoms with E-state index in [1.165, 1.54) is 0 Å². The Balaban J connectivity index is -0.0000000868. The van der Waals surface area contributed by atoms with Gasteiger partial charge in [0.15, 0.2) is 6.29 Å². The highest BCUT2D eigenvalue weighted by Crippen LogP contribution is 2.02. The minimum Gasteiger partial charge on any atom is -0.480 e. The Hall–Kier alpha value is -1.71. The third-order valence-corrected chi connectivity index (χ3v) is 2.66. The predicted molar refractivity (Wildman–Crippen MR) is 121 cm³/mol. The Bertz CT molecular complexity index is 548. The summed E-state index contributed by atoms with van der Waals surface area (Å²) in [5, 5.41) is 70.6.